The van der Waals surface area contributed by atoms with Crippen LogP contribution in [-0.2, 0) is 23.0 Å². The van der Waals surface area contributed by atoms with Gasteiger partial charge in [0.25, 0.3) is 0 Å². The lowest BCUT2D eigenvalue weighted by Gasteiger charge is -2.22. The fourth-order valence-electron chi connectivity index (χ4n) is 3.12. The Kier molecular flexibility index (Phi) is 6.15. The quantitative estimate of drug-likeness (QED) is 0.712. The molecule has 0 unspecified atom stereocenters. The summed E-state index contributed by atoms with van der Waals surface area (Å²) >= 11 is 0. The average molecular weight is 394 g/mol. The van der Waals surface area contributed by atoms with Gasteiger partial charge in [-0.1, -0.05) is 0 Å². The van der Waals surface area contributed by atoms with Crippen molar-refractivity contribution in [2.24, 2.45) is 0 Å². The van der Waals surface area contributed by atoms with Gasteiger partial charge < -0.3 is 10.0 Å². The zero-order chi connectivity index (χ0) is 20.4. The lowest BCUT2D eigenvalue weighted by molar-refractivity contribution is 0.0697. The van der Waals surface area contributed by atoms with Gasteiger partial charge in [0.1, 0.15) is 0 Å². The lowest BCUT2D eigenvalue weighted by atomic mass is 10.1. The minimum absolute atomic E-state index is 0.0452. The molecule has 0 atom stereocenters. The average Bonchev–Trinajstić information content (AvgIpc) is 2.84. The molecule has 1 aromatic carbocycles. The van der Waals surface area contributed by atoms with Crippen LogP contribution in [0.15, 0.2) is 18.2 Å². The smallest absolute Gasteiger partial charge is 0.337 e. The van der Waals surface area contributed by atoms with Gasteiger partial charge in [-0.3, -0.25) is 9.40 Å². The van der Waals surface area contributed by atoms with Gasteiger partial charge in [0.15, 0.2) is 0 Å². The van der Waals surface area contributed by atoms with E-state index in [-0.39, 0.29) is 11.3 Å². The highest BCUT2D eigenvalue weighted by Gasteiger charge is 2.17. The van der Waals surface area contributed by atoms with E-state index >= 15 is 0 Å². The molecular weight excluding hydrogens is 368 g/mol. The number of aromatic carboxylic acids is 1. The van der Waals surface area contributed by atoms with E-state index in [1.807, 2.05) is 37.4 Å². The highest BCUT2D eigenvalue weighted by atomic mass is 32.2. The number of rotatable bonds is 8. The largest absolute Gasteiger partial charge is 0.478 e. The second-order valence-corrected chi connectivity index (χ2v) is 8.30. The Bertz CT molecular complexity index is 951. The molecule has 1 aromatic heterocycles. The standard InChI is InChI=1S/C18H26N4O4S/c1-6-22-13(3)15(12(2)19-22)9-10-21(4)17-8-7-14(20-27(5,25)26)11-16(17)18(23)24/h7-8,11,20H,6,9-10H2,1-5H3,(H,23,24). The molecule has 8 nitrogen and oxygen atoms in total. The molecule has 27 heavy (non-hydrogen) atoms. The first kappa shape index (κ1) is 20.8. The van der Waals surface area contributed by atoms with Crippen LogP contribution in [0.1, 0.15) is 34.2 Å². The predicted molar refractivity (Wildman–Crippen MR) is 106 cm³/mol. The van der Waals surface area contributed by atoms with Gasteiger partial charge in [-0.15, -0.1) is 0 Å². The fraction of sp³-hybridized carbons (Fsp3) is 0.444. The predicted octanol–water partition coefficient (Wildman–Crippen LogP) is 2.27. The van der Waals surface area contributed by atoms with Crippen molar-refractivity contribution in [3.05, 3.63) is 40.7 Å². The Hall–Kier alpha value is -2.55. The van der Waals surface area contributed by atoms with Crippen molar-refractivity contribution in [2.75, 3.05) is 29.5 Å². The van der Waals surface area contributed by atoms with E-state index in [2.05, 4.69) is 9.82 Å². The van der Waals surface area contributed by atoms with Gasteiger partial charge in [-0.2, -0.15) is 5.10 Å². The molecule has 0 aliphatic heterocycles. The zero-order valence-corrected chi connectivity index (χ0v) is 17.1. The van der Waals surface area contributed by atoms with E-state index in [1.54, 1.807) is 12.1 Å². The third-order valence-corrected chi connectivity index (χ3v) is 5.08. The first-order valence-electron chi connectivity index (χ1n) is 8.62. The molecule has 2 aromatic rings. The Morgan fingerprint density at radius 3 is 2.52 bits per heavy atom. The normalized spacial score (nSPS) is 11.4. The molecule has 0 radical (unpaired) electrons. The van der Waals surface area contributed by atoms with Crippen LogP contribution >= 0.6 is 0 Å². The van der Waals surface area contributed by atoms with Crippen molar-refractivity contribution in [3.8, 4) is 0 Å². The van der Waals surface area contributed by atoms with Crippen LogP contribution in [-0.4, -0.2) is 49.1 Å². The molecular formula is C18H26N4O4S. The third kappa shape index (κ3) is 5.00. The molecule has 0 aliphatic rings. The summed E-state index contributed by atoms with van der Waals surface area (Å²) in [6.45, 7) is 7.47. The summed E-state index contributed by atoms with van der Waals surface area (Å²) in [5.74, 6) is -1.11. The van der Waals surface area contributed by atoms with Gasteiger partial charge in [0.2, 0.25) is 10.0 Å². The Balaban J connectivity index is 2.24. The van der Waals surface area contributed by atoms with Crippen molar-refractivity contribution in [1.82, 2.24) is 9.78 Å². The van der Waals surface area contributed by atoms with Gasteiger partial charge in [-0.25, -0.2) is 13.2 Å². The van der Waals surface area contributed by atoms with E-state index in [0.717, 1.165) is 36.2 Å². The van der Waals surface area contributed by atoms with E-state index in [1.165, 1.54) is 6.07 Å². The number of anilines is 2. The molecule has 0 spiro atoms. The number of hydrogen-bond acceptors (Lipinski definition) is 5. The second kappa shape index (κ2) is 7.99. The number of benzene rings is 1. The van der Waals surface area contributed by atoms with Crippen LogP contribution in [0.25, 0.3) is 0 Å². The molecule has 0 bridgehead atoms. The maximum atomic E-state index is 11.7. The minimum Gasteiger partial charge on any atom is -0.478 e. The van der Waals surface area contributed by atoms with Crippen LogP contribution in [0.4, 0.5) is 11.4 Å². The lowest BCUT2D eigenvalue weighted by Crippen LogP contribution is -2.23. The molecule has 0 aliphatic carbocycles. The highest BCUT2D eigenvalue weighted by molar-refractivity contribution is 7.92. The monoisotopic (exact) mass is 394 g/mol. The number of nitrogens with zero attached hydrogens (tertiary/aromatic N) is 3. The van der Waals surface area contributed by atoms with Gasteiger partial charge in [-0.05, 0) is 51.0 Å². The van der Waals surface area contributed by atoms with Gasteiger partial charge in [0.05, 0.1) is 23.2 Å². The van der Waals surface area contributed by atoms with Gasteiger partial charge >= 0.3 is 5.97 Å². The van der Waals surface area contributed by atoms with E-state index < -0.39 is 16.0 Å². The summed E-state index contributed by atoms with van der Waals surface area (Å²) in [6, 6.07) is 4.51. The Morgan fingerprint density at radius 1 is 1.33 bits per heavy atom. The third-order valence-electron chi connectivity index (χ3n) is 4.47. The van der Waals surface area contributed by atoms with Crippen molar-refractivity contribution >= 4 is 27.4 Å². The first-order valence-corrected chi connectivity index (χ1v) is 10.5. The summed E-state index contributed by atoms with van der Waals surface area (Å²) in [5.41, 5.74) is 4.06. The maximum Gasteiger partial charge on any atom is 0.337 e. The number of carboxylic acid groups (broad SMARTS) is 1. The first-order chi connectivity index (χ1) is 12.5. The molecule has 9 heteroatoms. The summed E-state index contributed by atoms with van der Waals surface area (Å²) in [4.78, 5) is 13.5. The van der Waals surface area contributed by atoms with Crippen LogP contribution in [0, 0.1) is 13.8 Å². The zero-order valence-electron chi connectivity index (χ0n) is 16.3. The maximum absolute atomic E-state index is 11.7. The highest BCUT2D eigenvalue weighted by Crippen LogP contribution is 2.25. The number of hydrogen-bond donors (Lipinski definition) is 2. The van der Waals surface area contributed by atoms with E-state index in [9.17, 15) is 18.3 Å². The van der Waals surface area contributed by atoms with E-state index in [4.69, 9.17) is 0 Å². The summed E-state index contributed by atoms with van der Waals surface area (Å²) < 4.78 is 27.0. The molecule has 2 rings (SSSR count). The molecule has 0 saturated carbocycles. The number of carbonyl (C=O) groups is 1. The second-order valence-electron chi connectivity index (χ2n) is 6.55. The van der Waals surface area contributed by atoms with Crippen molar-refractivity contribution in [1.29, 1.82) is 0 Å². The van der Waals surface area contributed by atoms with Gasteiger partial charge in [0, 0.05) is 31.5 Å². The molecule has 0 fully saturated rings. The molecule has 2 N–H and O–H groups in total. The van der Waals surface area contributed by atoms with Crippen LogP contribution in [0.2, 0.25) is 0 Å². The minimum atomic E-state index is -3.47. The SMILES string of the molecule is CCn1nc(C)c(CCN(C)c2ccc(NS(C)(=O)=O)cc2C(=O)O)c1C. The Labute approximate surface area is 159 Å². The molecule has 0 amide bonds. The van der Waals surface area contributed by atoms with Crippen LogP contribution in [0.5, 0.6) is 0 Å². The van der Waals surface area contributed by atoms with Crippen LogP contribution < -0.4 is 9.62 Å². The summed E-state index contributed by atoms with van der Waals surface area (Å²) in [6.07, 6.45) is 1.76. The van der Waals surface area contributed by atoms with Crippen molar-refractivity contribution < 1.29 is 18.3 Å². The number of aryl methyl sites for hydroxylation is 2. The van der Waals surface area contributed by atoms with Crippen molar-refractivity contribution in [2.45, 2.75) is 33.7 Å². The topological polar surface area (TPSA) is 105 Å². The number of nitrogens with one attached hydrogen (secondary N) is 1. The summed E-state index contributed by atoms with van der Waals surface area (Å²) in [7, 11) is -1.65. The number of likely N-dealkylation sites (N-methyl/N-ethyl adjacent to an activating group) is 1. The molecule has 148 valence electrons. The van der Waals surface area contributed by atoms with Crippen LogP contribution in [0.3, 0.4) is 0 Å². The molecule has 1 heterocycles. The fourth-order valence-corrected chi connectivity index (χ4v) is 3.68. The number of sulfonamides is 1. The number of carboxylic acids is 1. The van der Waals surface area contributed by atoms with Crippen molar-refractivity contribution in [3.63, 3.8) is 0 Å². The number of aromatic nitrogens is 2. The molecule has 0 saturated heterocycles. The van der Waals surface area contributed by atoms with E-state index in [0.29, 0.717) is 12.2 Å². The Morgan fingerprint density at radius 2 is 2.00 bits per heavy atom. The summed E-state index contributed by atoms with van der Waals surface area (Å²) in [5, 5.41) is 14.0.